The van der Waals surface area contributed by atoms with Crippen molar-refractivity contribution in [1.29, 1.82) is 0 Å². The van der Waals surface area contributed by atoms with Gasteiger partial charge in [-0.15, -0.1) is 0 Å². The number of aliphatic hydroxyl groups is 2. The maximum atomic E-state index is 13.8. The molecule has 3 aliphatic rings. The third kappa shape index (κ3) is 6.73. The van der Waals surface area contributed by atoms with Crippen LogP contribution in [-0.4, -0.2) is 53.2 Å². The van der Waals surface area contributed by atoms with Crippen LogP contribution in [0.2, 0.25) is 0 Å². The molecule has 2 bridgehead atoms. The van der Waals surface area contributed by atoms with Crippen molar-refractivity contribution in [2.75, 3.05) is 12.8 Å². The number of furan rings is 1. The van der Waals surface area contributed by atoms with Crippen LogP contribution in [0.15, 0.2) is 83.0 Å². The zero-order chi connectivity index (χ0) is 30.8. The largest absolute Gasteiger partial charge is 0.461 e. The fraction of sp³-hybridized carbons (Fsp3) is 0.457. The first-order valence-electron chi connectivity index (χ1n) is 15.2. The number of hydrogen-bond acceptors (Lipinski definition) is 6. The molecule has 0 spiro atoms. The number of fused-ring (bicyclic) bond motifs is 8. The number of sulfonamides is 1. The smallest absolute Gasteiger partial charge is 0.228 e. The van der Waals surface area contributed by atoms with Crippen LogP contribution in [0.4, 0.5) is 0 Å². The van der Waals surface area contributed by atoms with Crippen molar-refractivity contribution in [3.8, 4) is 0 Å². The first-order chi connectivity index (χ1) is 20.4. The van der Waals surface area contributed by atoms with Crippen LogP contribution in [0.5, 0.6) is 0 Å². The SMILES string of the molecule is CC1=CCCC2(C)C(CCC2(O)CN(Cc2ccccc2)S(C)(=O)=O)c2ccc(cc2C(=O)c2ccco2)CC(O)CC1. The average molecular weight is 606 g/mol. The summed E-state index contributed by atoms with van der Waals surface area (Å²) in [4.78, 5) is 13.8. The van der Waals surface area contributed by atoms with Gasteiger partial charge in [0.2, 0.25) is 15.8 Å². The lowest BCUT2D eigenvalue weighted by Crippen LogP contribution is -2.53. The molecule has 1 aromatic heterocycles. The Morgan fingerprint density at radius 3 is 2.53 bits per heavy atom. The van der Waals surface area contributed by atoms with Crippen LogP contribution in [0.3, 0.4) is 0 Å². The second kappa shape index (κ2) is 12.5. The van der Waals surface area contributed by atoms with Crippen molar-refractivity contribution in [3.63, 3.8) is 0 Å². The van der Waals surface area contributed by atoms with Gasteiger partial charge >= 0.3 is 0 Å². The first kappa shape index (κ1) is 31.4. The lowest BCUT2D eigenvalue weighted by atomic mass is 9.65. The molecule has 3 aliphatic carbocycles. The Balaban J connectivity index is 1.60. The second-order valence-corrected chi connectivity index (χ2v) is 14.8. The van der Waals surface area contributed by atoms with Gasteiger partial charge in [-0.2, -0.15) is 4.31 Å². The van der Waals surface area contributed by atoms with E-state index < -0.39 is 27.1 Å². The van der Waals surface area contributed by atoms with Crippen LogP contribution in [-0.2, 0) is 23.0 Å². The topological polar surface area (TPSA) is 108 Å². The van der Waals surface area contributed by atoms with Crippen LogP contribution in [0.1, 0.15) is 91.1 Å². The lowest BCUT2D eigenvalue weighted by Gasteiger charge is -2.45. The lowest BCUT2D eigenvalue weighted by molar-refractivity contribution is -0.0731. The van der Waals surface area contributed by atoms with E-state index in [-0.39, 0.29) is 30.6 Å². The van der Waals surface area contributed by atoms with Crippen LogP contribution in [0, 0.1) is 5.41 Å². The molecule has 8 heteroatoms. The monoisotopic (exact) mass is 605 g/mol. The van der Waals surface area contributed by atoms with Gasteiger partial charge in [0.05, 0.1) is 24.2 Å². The number of hydrogen-bond donors (Lipinski definition) is 2. The van der Waals surface area contributed by atoms with E-state index in [9.17, 15) is 23.4 Å². The summed E-state index contributed by atoms with van der Waals surface area (Å²) in [5, 5.41) is 23.3. The molecule has 0 amide bonds. The second-order valence-electron chi connectivity index (χ2n) is 12.8. The van der Waals surface area contributed by atoms with Gasteiger partial charge in [-0.3, -0.25) is 4.79 Å². The number of carbonyl (C=O) groups is 1. The summed E-state index contributed by atoms with van der Waals surface area (Å²) < 4.78 is 33.1. The highest BCUT2D eigenvalue weighted by Gasteiger charge is 2.58. The van der Waals surface area contributed by atoms with Crippen LogP contribution >= 0.6 is 0 Å². The number of aliphatic hydroxyl groups excluding tert-OH is 1. The third-order valence-corrected chi connectivity index (χ3v) is 11.0. The van der Waals surface area contributed by atoms with E-state index in [1.165, 1.54) is 22.4 Å². The van der Waals surface area contributed by atoms with E-state index >= 15 is 0 Å². The predicted molar refractivity (Wildman–Crippen MR) is 167 cm³/mol. The molecular weight excluding hydrogens is 562 g/mol. The van der Waals surface area contributed by atoms with Gasteiger partial charge in [0.1, 0.15) is 0 Å². The van der Waals surface area contributed by atoms with Gasteiger partial charge in [0, 0.05) is 24.1 Å². The van der Waals surface area contributed by atoms with E-state index in [2.05, 4.69) is 19.9 Å². The van der Waals surface area contributed by atoms with Crippen molar-refractivity contribution in [3.05, 3.63) is 107 Å². The highest BCUT2D eigenvalue weighted by atomic mass is 32.2. The van der Waals surface area contributed by atoms with Crippen molar-refractivity contribution in [2.24, 2.45) is 5.41 Å². The summed E-state index contributed by atoms with van der Waals surface area (Å²) in [5.74, 6) is -0.210. The number of carbonyl (C=O) groups excluding carboxylic acids is 1. The molecule has 0 aliphatic heterocycles. The molecule has 4 atom stereocenters. The normalized spacial score (nSPS) is 26.6. The highest BCUT2D eigenvalue weighted by Crippen LogP contribution is 2.59. The summed E-state index contributed by atoms with van der Waals surface area (Å²) in [6.07, 6.45) is 8.39. The molecule has 7 nitrogen and oxygen atoms in total. The Labute approximate surface area is 255 Å². The molecule has 1 saturated carbocycles. The summed E-state index contributed by atoms with van der Waals surface area (Å²) in [6, 6.07) is 18.6. The van der Waals surface area contributed by atoms with Crippen molar-refractivity contribution in [1.82, 2.24) is 4.31 Å². The Kier molecular flexibility index (Phi) is 9.14. The third-order valence-electron chi connectivity index (χ3n) is 9.77. The van der Waals surface area contributed by atoms with Gasteiger partial charge in [-0.05, 0) is 92.7 Å². The molecule has 0 radical (unpaired) electrons. The number of rotatable bonds is 7. The molecule has 43 heavy (non-hydrogen) atoms. The summed E-state index contributed by atoms with van der Waals surface area (Å²) in [7, 11) is -3.65. The van der Waals surface area contributed by atoms with Crippen LogP contribution < -0.4 is 0 Å². The zero-order valence-electron chi connectivity index (χ0n) is 25.3. The Bertz CT molecular complexity index is 1560. The molecule has 3 aromatic rings. The fourth-order valence-corrected chi connectivity index (χ4v) is 7.94. The molecule has 230 valence electrons. The standard InChI is InChI=1S/C35H43NO6S/c1-25-9-7-18-34(2)31(17-19-35(34,39)24-36(43(3,40)41)23-26-10-5-4-6-11-26)29-16-14-27(21-28(37)15-13-25)22-30(29)33(38)32-12-8-20-42-32/h4-6,8-12,14,16,20,22,28,31,37,39H,7,13,15,17-19,21,23-24H2,1-3H3. The van der Waals surface area contributed by atoms with Crippen molar-refractivity contribution < 1.29 is 27.8 Å². The van der Waals surface area contributed by atoms with E-state index in [0.717, 1.165) is 23.1 Å². The highest BCUT2D eigenvalue weighted by molar-refractivity contribution is 7.88. The van der Waals surface area contributed by atoms with E-state index in [4.69, 9.17) is 4.42 Å². The van der Waals surface area contributed by atoms with Gasteiger partial charge in [0.15, 0.2) is 5.76 Å². The minimum atomic E-state index is -3.65. The molecule has 1 heterocycles. The number of ketones is 1. The minimum absolute atomic E-state index is 0.0395. The summed E-state index contributed by atoms with van der Waals surface area (Å²) in [5.41, 5.74) is 2.15. The quantitative estimate of drug-likeness (QED) is 0.252. The molecule has 1 fully saturated rings. The van der Waals surface area contributed by atoms with Crippen molar-refractivity contribution >= 4 is 15.8 Å². The maximum absolute atomic E-state index is 13.8. The molecular formula is C35H43NO6S. The molecule has 0 saturated heterocycles. The van der Waals surface area contributed by atoms with E-state index in [0.29, 0.717) is 44.1 Å². The number of benzene rings is 2. The fourth-order valence-electron chi connectivity index (χ4n) is 7.11. The molecule has 4 unspecified atom stereocenters. The van der Waals surface area contributed by atoms with E-state index in [1.54, 1.807) is 12.1 Å². The summed E-state index contributed by atoms with van der Waals surface area (Å²) >= 11 is 0. The van der Waals surface area contributed by atoms with Crippen LogP contribution in [0.25, 0.3) is 0 Å². The van der Waals surface area contributed by atoms with Gasteiger partial charge < -0.3 is 14.6 Å². The van der Waals surface area contributed by atoms with Crippen molar-refractivity contribution in [2.45, 2.75) is 83.0 Å². The minimum Gasteiger partial charge on any atom is -0.461 e. The van der Waals surface area contributed by atoms with Gasteiger partial charge in [-0.1, -0.05) is 61.0 Å². The Hall–Kier alpha value is -3.04. The number of nitrogens with zero attached hydrogens (tertiary/aromatic N) is 1. The molecule has 2 N–H and O–H groups in total. The zero-order valence-corrected chi connectivity index (χ0v) is 26.1. The number of allylic oxidation sites excluding steroid dienone is 2. The first-order valence-corrected chi connectivity index (χ1v) is 17.0. The van der Waals surface area contributed by atoms with Gasteiger partial charge in [-0.25, -0.2) is 8.42 Å². The average Bonchev–Trinajstić information content (AvgIpc) is 3.58. The Morgan fingerprint density at radius 2 is 1.84 bits per heavy atom. The predicted octanol–water partition coefficient (Wildman–Crippen LogP) is 6.01. The maximum Gasteiger partial charge on any atom is 0.228 e. The Morgan fingerprint density at radius 1 is 1.07 bits per heavy atom. The summed E-state index contributed by atoms with van der Waals surface area (Å²) in [6.45, 7) is 4.25. The molecule has 6 rings (SSSR count). The van der Waals surface area contributed by atoms with E-state index in [1.807, 2.05) is 48.5 Å². The molecule has 2 aromatic carbocycles. The van der Waals surface area contributed by atoms with Gasteiger partial charge in [0.25, 0.3) is 0 Å².